The van der Waals surface area contributed by atoms with E-state index >= 15 is 4.39 Å². The zero-order valence-electron chi connectivity index (χ0n) is 21.3. The third kappa shape index (κ3) is 4.86. The zero-order valence-corrected chi connectivity index (χ0v) is 22.1. The summed E-state index contributed by atoms with van der Waals surface area (Å²) in [5.74, 6) is 0.230. The molecule has 0 radical (unpaired) electrons. The number of nitrogen functional groups attached to an aromatic ring is 1. The summed E-state index contributed by atoms with van der Waals surface area (Å²) in [7, 11) is -0.658. The average Bonchev–Trinajstić information content (AvgIpc) is 3.49. The lowest BCUT2D eigenvalue weighted by molar-refractivity contribution is -0.116. The van der Waals surface area contributed by atoms with E-state index < -0.39 is 15.5 Å². The summed E-state index contributed by atoms with van der Waals surface area (Å²) in [5, 5.41) is 13.3. The zero-order chi connectivity index (χ0) is 27.7. The Kier molecular flexibility index (Phi) is 6.89. The van der Waals surface area contributed by atoms with Crippen molar-refractivity contribution in [1.82, 2.24) is 19.9 Å². The van der Waals surface area contributed by atoms with Crippen LogP contribution in [0.5, 0.6) is 0 Å². The van der Waals surface area contributed by atoms with E-state index in [0.717, 1.165) is 18.4 Å². The van der Waals surface area contributed by atoms with Gasteiger partial charge in [0.15, 0.2) is 0 Å². The quantitative estimate of drug-likeness (QED) is 0.341. The van der Waals surface area contributed by atoms with Crippen molar-refractivity contribution < 1.29 is 13.4 Å². The van der Waals surface area contributed by atoms with E-state index in [9.17, 15) is 14.3 Å². The number of hydrogen-bond acceptors (Lipinski definition) is 7. The van der Waals surface area contributed by atoms with Gasteiger partial charge in [-0.25, -0.2) is 18.6 Å². The Morgan fingerprint density at radius 1 is 1.28 bits per heavy atom. The van der Waals surface area contributed by atoms with Crippen LogP contribution in [0.15, 0.2) is 59.7 Å². The highest BCUT2D eigenvalue weighted by molar-refractivity contribution is 7.93. The van der Waals surface area contributed by atoms with Crippen LogP contribution in [0.3, 0.4) is 0 Å². The number of carbonyl (C=O) groups is 1. The number of rotatable bonds is 6. The summed E-state index contributed by atoms with van der Waals surface area (Å²) in [6.07, 6.45) is 4.17. The van der Waals surface area contributed by atoms with Crippen molar-refractivity contribution in [2.24, 2.45) is 11.4 Å². The number of halogens is 1. The van der Waals surface area contributed by atoms with Crippen LogP contribution < -0.4 is 11.1 Å². The number of fused-ring (bicyclic) bond motifs is 1. The SMILES string of the molecule is C=CC(=O)NCc1ccc(-c2c(-c3ccc(N=S4(=O)CCCC4)c(F)c3)c3c(N)ncnc3n2C)c(C#N)c1. The topological polar surface area (TPSA) is 139 Å². The number of nitriles is 1. The fourth-order valence-electron chi connectivity index (χ4n) is 4.90. The molecule has 1 aliphatic heterocycles. The molecule has 5 rings (SSSR count). The van der Waals surface area contributed by atoms with Gasteiger partial charge in [-0.2, -0.15) is 9.62 Å². The molecule has 39 heavy (non-hydrogen) atoms. The van der Waals surface area contributed by atoms with Gasteiger partial charge < -0.3 is 15.6 Å². The molecule has 3 heterocycles. The normalized spacial score (nSPS) is 14.2. The molecule has 1 amide bonds. The predicted octanol–water partition coefficient (Wildman–Crippen LogP) is 4.59. The number of amides is 1. The molecule has 0 saturated carbocycles. The summed E-state index contributed by atoms with van der Waals surface area (Å²) in [4.78, 5) is 20.2. The van der Waals surface area contributed by atoms with E-state index in [1.165, 1.54) is 24.5 Å². The molecular formula is C28H26FN7O2S. The smallest absolute Gasteiger partial charge is 0.243 e. The molecular weight excluding hydrogens is 517 g/mol. The average molecular weight is 544 g/mol. The van der Waals surface area contributed by atoms with Crippen molar-refractivity contribution in [2.75, 3.05) is 17.2 Å². The van der Waals surface area contributed by atoms with Gasteiger partial charge in [0, 0.05) is 36.2 Å². The number of carbonyl (C=O) groups excluding carboxylic acids is 1. The summed E-state index contributed by atoms with van der Waals surface area (Å²) in [6.45, 7) is 3.66. The number of nitrogens with two attached hydrogens (primary N) is 1. The van der Waals surface area contributed by atoms with Crippen LogP contribution in [0, 0.1) is 17.1 Å². The van der Waals surface area contributed by atoms with Gasteiger partial charge in [-0.05, 0) is 48.2 Å². The molecule has 0 spiro atoms. The molecule has 2 aromatic heterocycles. The Balaban J connectivity index is 1.70. The largest absolute Gasteiger partial charge is 0.383 e. The first-order valence-corrected chi connectivity index (χ1v) is 14.1. The van der Waals surface area contributed by atoms with E-state index in [4.69, 9.17) is 5.73 Å². The molecule has 0 bridgehead atoms. The fraction of sp³-hybridized carbons (Fsp3) is 0.214. The van der Waals surface area contributed by atoms with Gasteiger partial charge in [0.1, 0.15) is 29.3 Å². The maximum Gasteiger partial charge on any atom is 0.243 e. The molecule has 3 N–H and O–H groups in total. The number of nitrogens with zero attached hydrogens (tertiary/aromatic N) is 5. The van der Waals surface area contributed by atoms with Gasteiger partial charge in [-0.1, -0.05) is 24.8 Å². The summed E-state index contributed by atoms with van der Waals surface area (Å²) < 4.78 is 34.4. The van der Waals surface area contributed by atoms with Gasteiger partial charge >= 0.3 is 0 Å². The van der Waals surface area contributed by atoms with E-state index in [0.29, 0.717) is 50.5 Å². The molecule has 0 unspecified atom stereocenters. The van der Waals surface area contributed by atoms with Crippen molar-refractivity contribution in [2.45, 2.75) is 19.4 Å². The Morgan fingerprint density at radius 3 is 2.74 bits per heavy atom. The van der Waals surface area contributed by atoms with E-state index in [1.807, 2.05) is 0 Å². The van der Waals surface area contributed by atoms with Gasteiger partial charge in [0.05, 0.1) is 32.4 Å². The standard InChI is InChI=1S/C28H26FN7O2S/c1-3-23(37)32-15-17-6-8-20(19(12-17)14-30)26-24(25-27(31)33-16-34-28(25)36(26)2)18-7-9-22(21(29)13-18)35-39(38)10-4-5-11-39/h3,6-9,12-13,16H,1,4-5,10-11,15H2,2H3,(H,32,37)(H2,31,33,34). The molecule has 11 heteroatoms. The van der Waals surface area contributed by atoms with Gasteiger partial charge in [-0.15, -0.1) is 0 Å². The number of hydrogen-bond donors (Lipinski definition) is 2. The molecule has 2 aromatic carbocycles. The van der Waals surface area contributed by atoms with Crippen LogP contribution in [-0.2, 0) is 28.1 Å². The Hall–Kier alpha value is -4.56. The first-order chi connectivity index (χ1) is 18.7. The van der Waals surface area contributed by atoms with E-state index in [2.05, 4.69) is 32.3 Å². The molecule has 198 valence electrons. The molecule has 1 aliphatic rings. The fourth-order valence-corrected chi connectivity index (χ4v) is 7.10. The highest BCUT2D eigenvalue weighted by atomic mass is 32.2. The van der Waals surface area contributed by atoms with Crippen molar-refractivity contribution in [3.05, 3.63) is 72.3 Å². The van der Waals surface area contributed by atoms with Gasteiger partial charge in [0.2, 0.25) is 5.91 Å². The highest BCUT2D eigenvalue weighted by Gasteiger charge is 2.25. The van der Waals surface area contributed by atoms with Crippen molar-refractivity contribution in [3.8, 4) is 28.5 Å². The molecule has 1 saturated heterocycles. The van der Waals surface area contributed by atoms with E-state index in [1.54, 1.807) is 35.9 Å². The second-order valence-electron chi connectivity index (χ2n) is 9.30. The lowest BCUT2D eigenvalue weighted by Gasteiger charge is -2.13. The third-order valence-electron chi connectivity index (χ3n) is 6.79. The maximum atomic E-state index is 15.4. The first-order valence-electron chi connectivity index (χ1n) is 12.3. The summed E-state index contributed by atoms with van der Waals surface area (Å²) in [6, 6.07) is 12.1. The first kappa shape index (κ1) is 26.1. The van der Waals surface area contributed by atoms with E-state index in [-0.39, 0.29) is 24.0 Å². The number of nitrogens with one attached hydrogen (secondary N) is 1. The lowest BCUT2D eigenvalue weighted by atomic mass is 9.95. The molecule has 0 atom stereocenters. The summed E-state index contributed by atoms with van der Waals surface area (Å²) >= 11 is 0. The monoisotopic (exact) mass is 543 g/mol. The lowest BCUT2D eigenvalue weighted by Crippen LogP contribution is -2.19. The number of benzene rings is 2. The van der Waals surface area contributed by atoms with Gasteiger partial charge in [-0.3, -0.25) is 4.79 Å². The van der Waals surface area contributed by atoms with Crippen LogP contribution in [0.25, 0.3) is 33.4 Å². The molecule has 0 aliphatic carbocycles. The molecule has 1 fully saturated rings. The Morgan fingerprint density at radius 2 is 2.05 bits per heavy atom. The third-order valence-corrected chi connectivity index (χ3v) is 9.17. The number of aryl methyl sites for hydroxylation is 1. The summed E-state index contributed by atoms with van der Waals surface area (Å²) in [5.41, 5.74) is 10.2. The highest BCUT2D eigenvalue weighted by Crippen LogP contribution is 2.43. The number of anilines is 1. The maximum absolute atomic E-state index is 15.4. The van der Waals surface area contributed by atoms with Crippen molar-refractivity contribution in [1.29, 1.82) is 5.26 Å². The van der Waals surface area contributed by atoms with Crippen LogP contribution in [0.1, 0.15) is 24.0 Å². The molecule has 4 aromatic rings. The van der Waals surface area contributed by atoms with Crippen LogP contribution >= 0.6 is 0 Å². The molecule has 9 nitrogen and oxygen atoms in total. The van der Waals surface area contributed by atoms with Crippen molar-refractivity contribution in [3.63, 3.8) is 0 Å². The van der Waals surface area contributed by atoms with Crippen molar-refractivity contribution >= 4 is 38.2 Å². The van der Waals surface area contributed by atoms with Crippen LogP contribution in [0.2, 0.25) is 0 Å². The minimum atomic E-state index is -2.45. The van der Waals surface area contributed by atoms with Crippen LogP contribution in [0.4, 0.5) is 15.9 Å². The minimum absolute atomic E-state index is 0.0558. The second-order valence-corrected chi connectivity index (χ2v) is 11.8. The Bertz CT molecular complexity index is 1800. The Labute approximate surface area is 225 Å². The van der Waals surface area contributed by atoms with Gasteiger partial charge in [0.25, 0.3) is 0 Å². The predicted molar refractivity (Wildman–Crippen MR) is 150 cm³/mol. The second kappa shape index (κ2) is 10.3. The number of aromatic nitrogens is 3. The van der Waals surface area contributed by atoms with Crippen LogP contribution in [-0.4, -0.2) is 36.2 Å². The minimum Gasteiger partial charge on any atom is -0.383 e.